The van der Waals surface area contributed by atoms with Gasteiger partial charge in [-0.15, -0.1) is 0 Å². The number of rotatable bonds is 5. The van der Waals surface area contributed by atoms with E-state index < -0.39 is 0 Å². The summed E-state index contributed by atoms with van der Waals surface area (Å²) in [6.45, 7) is 0. The smallest absolute Gasteiger partial charge is 0.273 e. The Kier molecular flexibility index (Phi) is 6.88. The van der Waals surface area contributed by atoms with Crippen LogP contribution in [0.1, 0.15) is 0 Å². The van der Waals surface area contributed by atoms with Gasteiger partial charge in [-0.2, -0.15) is 5.10 Å². The van der Waals surface area contributed by atoms with E-state index in [2.05, 4.69) is 50.3 Å². The van der Waals surface area contributed by atoms with Gasteiger partial charge >= 0.3 is 0 Å². The first-order valence-electron chi connectivity index (χ1n) is 13.1. The van der Waals surface area contributed by atoms with E-state index in [1.807, 2.05) is 36.6 Å². The van der Waals surface area contributed by atoms with Crippen molar-refractivity contribution in [1.29, 1.82) is 0 Å². The van der Waals surface area contributed by atoms with Crippen LogP contribution in [0.3, 0.4) is 0 Å². The van der Waals surface area contributed by atoms with Crippen LogP contribution in [0.25, 0.3) is 67.5 Å². The molecule has 216 valence electrons. The lowest BCUT2D eigenvalue weighted by atomic mass is 10.1. The largest absolute Gasteiger partial charge is 0.463 e. The van der Waals surface area contributed by atoms with E-state index in [0.717, 1.165) is 16.6 Å². The average molecular weight is 604 g/mol. The highest BCUT2D eigenvalue weighted by Gasteiger charge is 2.18. The molecule has 0 aliphatic heterocycles. The molecule has 0 aliphatic rings. The molecule has 0 bridgehead atoms. The van der Waals surface area contributed by atoms with Gasteiger partial charge in [0.25, 0.3) is 5.56 Å². The number of thioether (sulfide) groups is 1. The first kappa shape index (κ1) is 26.8. The molecule has 0 saturated carbocycles. The molecule has 0 atom stereocenters. The molecule has 8 heterocycles. The fourth-order valence-corrected chi connectivity index (χ4v) is 4.91. The molecule has 14 nitrogen and oxygen atoms in total. The zero-order valence-electron chi connectivity index (χ0n) is 22.8. The second kappa shape index (κ2) is 11.3. The van der Waals surface area contributed by atoms with Crippen LogP contribution >= 0.6 is 11.8 Å². The SMILES string of the molecule is CSc1nccc(-c2cc3c(N)[nH]nc3nc2-c2ccco2)n1.O=c1[nH][nH]c2nc(-c3ccco3)c(-c3ccncn3)cc12. The van der Waals surface area contributed by atoms with Crippen LogP contribution in [0.5, 0.6) is 0 Å². The Bertz CT molecular complexity index is 2260. The summed E-state index contributed by atoms with van der Waals surface area (Å²) in [4.78, 5) is 37.7. The van der Waals surface area contributed by atoms with Gasteiger partial charge in [-0.25, -0.2) is 29.9 Å². The number of nitrogen functional groups attached to an aromatic ring is 1. The molecule has 0 aromatic carbocycles. The standard InChI is InChI=1S/C15H12N6OS.C14H9N5O2/c1-23-15-17-5-4-10(18-15)8-7-9-13(16)20-21-14(9)19-12(8)11-3-2-6-22-11;20-14-9-6-8(10-3-4-15-7-16-10)12(11-2-1-5-21-11)17-13(9)18-19-14/h2-7H,1H3,(H3,16,19,20,21);1-7H,(H2,17,18,19,20). The lowest BCUT2D eigenvalue weighted by molar-refractivity contribution is 0.580. The second-order valence-electron chi connectivity index (χ2n) is 9.23. The number of H-pyrrole nitrogens is 3. The molecular weight excluding hydrogens is 582 g/mol. The number of pyridine rings is 2. The molecule has 0 aliphatic carbocycles. The Morgan fingerprint density at radius 3 is 2.25 bits per heavy atom. The van der Waals surface area contributed by atoms with Crippen molar-refractivity contribution in [3.8, 4) is 45.4 Å². The number of nitrogens with two attached hydrogens (primary N) is 1. The number of nitrogens with zero attached hydrogens (tertiary/aromatic N) is 7. The number of aromatic nitrogens is 10. The molecule has 0 spiro atoms. The van der Waals surface area contributed by atoms with Gasteiger partial charge in [-0.1, -0.05) is 11.8 Å². The van der Waals surface area contributed by atoms with Crippen LogP contribution in [0, 0.1) is 0 Å². The molecule has 8 aromatic heterocycles. The number of fused-ring (bicyclic) bond motifs is 2. The summed E-state index contributed by atoms with van der Waals surface area (Å²) >= 11 is 1.48. The molecule has 44 heavy (non-hydrogen) atoms. The Labute approximate surface area is 251 Å². The van der Waals surface area contributed by atoms with Gasteiger partial charge in [0.05, 0.1) is 34.7 Å². The molecular formula is C29H21N11O3S. The third-order valence-corrected chi connectivity index (χ3v) is 7.16. The van der Waals surface area contributed by atoms with Gasteiger partial charge in [-0.05, 0) is 54.8 Å². The minimum Gasteiger partial charge on any atom is -0.463 e. The summed E-state index contributed by atoms with van der Waals surface area (Å²) in [6.07, 6.45) is 9.93. The fourth-order valence-electron chi connectivity index (χ4n) is 4.56. The van der Waals surface area contributed by atoms with Crippen LogP contribution in [0.15, 0.2) is 98.6 Å². The number of nitrogens with one attached hydrogen (secondary N) is 3. The predicted octanol–water partition coefficient (Wildman–Crippen LogP) is 4.95. The Balaban J connectivity index is 0.000000143. The number of aromatic amines is 3. The van der Waals surface area contributed by atoms with Gasteiger partial charge in [0, 0.05) is 23.5 Å². The van der Waals surface area contributed by atoms with E-state index in [4.69, 9.17) is 14.6 Å². The van der Waals surface area contributed by atoms with Gasteiger partial charge in [0.2, 0.25) is 0 Å². The quantitative estimate of drug-likeness (QED) is 0.152. The molecule has 5 N–H and O–H groups in total. The Hall–Kier alpha value is -6.09. The lowest BCUT2D eigenvalue weighted by Crippen LogP contribution is -1.99. The molecule has 0 fully saturated rings. The van der Waals surface area contributed by atoms with Crippen molar-refractivity contribution in [2.75, 3.05) is 12.0 Å². The third kappa shape index (κ3) is 4.96. The summed E-state index contributed by atoms with van der Waals surface area (Å²) in [5.41, 5.74) is 11.0. The topological polar surface area (TPSA) is 207 Å². The maximum absolute atomic E-state index is 11.8. The summed E-state index contributed by atoms with van der Waals surface area (Å²) in [5.74, 6) is 1.72. The predicted molar refractivity (Wildman–Crippen MR) is 164 cm³/mol. The number of anilines is 1. The third-order valence-electron chi connectivity index (χ3n) is 6.60. The van der Waals surface area contributed by atoms with Gasteiger partial charge in [0.1, 0.15) is 23.5 Å². The minimum absolute atomic E-state index is 0.223. The molecule has 0 saturated heterocycles. The van der Waals surface area contributed by atoms with Gasteiger partial charge in [-0.3, -0.25) is 20.1 Å². The van der Waals surface area contributed by atoms with Crippen LogP contribution in [-0.2, 0) is 0 Å². The maximum atomic E-state index is 11.8. The number of hydrogen-bond acceptors (Lipinski definition) is 12. The number of hydrogen-bond donors (Lipinski definition) is 4. The van der Waals surface area contributed by atoms with Crippen molar-refractivity contribution < 1.29 is 8.83 Å². The highest BCUT2D eigenvalue weighted by atomic mass is 32.2. The molecule has 0 amide bonds. The summed E-state index contributed by atoms with van der Waals surface area (Å²) in [7, 11) is 0. The monoisotopic (exact) mass is 603 g/mol. The van der Waals surface area contributed by atoms with E-state index in [1.165, 1.54) is 18.1 Å². The lowest BCUT2D eigenvalue weighted by Gasteiger charge is -2.07. The summed E-state index contributed by atoms with van der Waals surface area (Å²) in [5, 5.41) is 14.0. The van der Waals surface area contributed by atoms with Crippen LogP contribution in [0.4, 0.5) is 5.82 Å². The minimum atomic E-state index is -0.223. The van der Waals surface area contributed by atoms with Crippen molar-refractivity contribution >= 4 is 39.6 Å². The van der Waals surface area contributed by atoms with Crippen molar-refractivity contribution in [2.45, 2.75) is 5.16 Å². The maximum Gasteiger partial charge on any atom is 0.273 e. The van der Waals surface area contributed by atoms with Crippen LogP contribution in [0.2, 0.25) is 0 Å². The Morgan fingerprint density at radius 1 is 0.818 bits per heavy atom. The second-order valence-corrected chi connectivity index (χ2v) is 10.0. The first-order chi connectivity index (χ1) is 21.6. The van der Waals surface area contributed by atoms with E-state index >= 15 is 0 Å². The molecule has 8 rings (SSSR count). The van der Waals surface area contributed by atoms with Crippen molar-refractivity contribution in [1.82, 2.24) is 50.3 Å². The first-order valence-corrected chi connectivity index (χ1v) is 14.3. The van der Waals surface area contributed by atoms with Crippen molar-refractivity contribution in [2.24, 2.45) is 0 Å². The van der Waals surface area contributed by atoms with Crippen molar-refractivity contribution in [3.05, 3.63) is 90.1 Å². The summed E-state index contributed by atoms with van der Waals surface area (Å²) in [6, 6.07) is 14.5. The zero-order valence-corrected chi connectivity index (χ0v) is 23.7. The van der Waals surface area contributed by atoms with E-state index in [9.17, 15) is 4.79 Å². The van der Waals surface area contributed by atoms with Crippen LogP contribution < -0.4 is 11.3 Å². The van der Waals surface area contributed by atoms with E-state index in [1.54, 1.807) is 43.1 Å². The molecule has 0 radical (unpaired) electrons. The normalized spacial score (nSPS) is 11.1. The highest BCUT2D eigenvalue weighted by molar-refractivity contribution is 7.98. The fraction of sp³-hybridized carbons (Fsp3) is 0.0345. The zero-order chi connectivity index (χ0) is 30.0. The molecule has 8 aromatic rings. The molecule has 15 heteroatoms. The highest BCUT2D eigenvalue weighted by Crippen LogP contribution is 2.34. The average Bonchev–Trinajstić information content (AvgIpc) is 3.90. The van der Waals surface area contributed by atoms with Crippen LogP contribution in [-0.4, -0.2) is 56.6 Å². The molecule has 0 unspecified atom stereocenters. The summed E-state index contributed by atoms with van der Waals surface area (Å²) < 4.78 is 10.9. The van der Waals surface area contributed by atoms with E-state index in [-0.39, 0.29) is 5.56 Å². The van der Waals surface area contributed by atoms with Gasteiger partial charge in [0.15, 0.2) is 28.0 Å². The van der Waals surface area contributed by atoms with Gasteiger partial charge < -0.3 is 14.6 Å². The Morgan fingerprint density at radius 2 is 1.55 bits per heavy atom. The van der Waals surface area contributed by atoms with E-state index in [0.29, 0.717) is 61.8 Å². The van der Waals surface area contributed by atoms with Crippen molar-refractivity contribution in [3.63, 3.8) is 0 Å². The number of furan rings is 2.